The standard InChI is InChI=1S/C15H32N4/c1-4-16-15(17-12-13-19(5-2)6-3)18-14-10-8-7-9-11-14/h14H,4-13H2,1-3H3,(H2,16,17,18). The van der Waals surface area contributed by atoms with Gasteiger partial charge in [0, 0.05) is 19.1 Å². The zero-order chi connectivity index (χ0) is 13.9. The van der Waals surface area contributed by atoms with Crippen molar-refractivity contribution in [3.8, 4) is 0 Å². The third kappa shape index (κ3) is 6.81. The molecule has 0 atom stereocenters. The first-order chi connectivity index (χ1) is 9.30. The van der Waals surface area contributed by atoms with Crippen LogP contribution in [0.5, 0.6) is 0 Å². The van der Waals surface area contributed by atoms with Gasteiger partial charge < -0.3 is 15.5 Å². The predicted molar refractivity (Wildman–Crippen MR) is 83.8 cm³/mol. The Morgan fingerprint density at radius 1 is 1.11 bits per heavy atom. The van der Waals surface area contributed by atoms with Gasteiger partial charge in [0.2, 0.25) is 0 Å². The van der Waals surface area contributed by atoms with Gasteiger partial charge in [-0.15, -0.1) is 0 Å². The Morgan fingerprint density at radius 3 is 2.37 bits per heavy atom. The lowest BCUT2D eigenvalue weighted by Gasteiger charge is -2.25. The topological polar surface area (TPSA) is 39.7 Å². The molecule has 0 aromatic heterocycles. The highest BCUT2D eigenvalue weighted by Crippen LogP contribution is 2.17. The molecule has 112 valence electrons. The lowest BCUT2D eigenvalue weighted by molar-refractivity contribution is 0.312. The van der Waals surface area contributed by atoms with Crippen LogP contribution in [0.2, 0.25) is 0 Å². The number of nitrogens with zero attached hydrogens (tertiary/aromatic N) is 2. The Morgan fingerprint density at radius 2 is 1.79 bits per heavy atom. The Kier molecular flexibility index (Phi) is 8.63. The summed E-state index contributed by atoms with van der Waals surface area (Å²) in [5.41, 5.74) is 0. The molecule has 1 aliphatic carbocycles. The van der Waals surface area contributed by atoms with Gasteiger partial charge in [0.15, 0.2) is 5.96 Å². The summed E-state index contributed by atoms with van der Waals surface area (Å²) in [6, 6.07) is 0.625. The van der Waals surface area contributed by atoms with Crippen molar-refractivity contribution >= 4 is 5.96 Å². The molecule has 4 nitrogen and oxygen atoms in total. The molecule has 19 heavy (non-hydrogen) atoms. The Labute approximate surface area is 119 Å². The number of hydrogen-bond donors (Lipinski definition) is 2. The summed E-state index contributed by atoms with van der Waals surface area (Å²) in [6.07, 6.45) is 6.70. The maximum absolute atomic E-state index is 4.70. The van der Waals surface area contributed by atoms with Crippen molar-refractivity contribution in [1.82, 2.24) is 15.5 Å². The maximum Gasteiger partial charge on any atom is 0.191 e. The van der Waals surface area contributed by atoms with Crippen molar-refractivity contribution in [1.29, 1.82) is 0 Å². The van der Waals surface area contributed by atoms with E-state index in [2.05, 4.69) is 36.3 Å². The van der Waals surface area contributed by atoms with Crippen molar-refractivity contribution in [2.24, 2.45) is 4.99 Å². The lowest BCUT2D eigenvalue weighted by atomic mass is 9.96. The van der Waals surface area contributed by atoms with E-state index < -0.39 is 0 Å². The van der Waals surface area contributed by atoms with Gasteiger partial charge in [-0.1, -0.05) is 33.1 Å². The van der Waals surface area contributed by atoms with Gasteiger partial charge in [0.1, 0.15) is 0 Å². The summed E-state index contributed by atoms with van der Waals surface area (Å²) >= 11 is 0. The summed E-state index contributed by atoms with van der Waals surface area (Å²) in [5.74, 6) is 1.00. The molecule has 1 rings (SSSR count). The summed E-state index contributed by atoms with van der Waals surface area (Å²) in [5, 5.41) is 6.95. The molecule has 0 heterocycles. The van der Waals surface area contributed by atoms with Crippen LogP contribution in [0.4, 0.5) is 0 Å². The minimum absolute atomic E-state index is 0.625. The van der Waals surface area contributed by atoms with E-state index in [1.165, 1.54) is 32.1 Å². The lowest BCUT2D eigenvalue weighted by Crippen LogP contribution is -2.44. The van der Waals surface area contributed by atoms with Crippen LogP contribution < -0.4 is 10.6 Å². The Bertz CT molecular complexity index is 243. The number of guanidine groups is 1. The van der Waals surface area contributed by atoms with Crippen LogP contribution in [0, 0.1) is 0 Å². The van der Waals surface area contributed by atoms with Crippen molar-refractivity contribution in [3.05, 3.63) is 0 Å². The van der Waals surface area contributed by atoms with E-state index in [0.29, 0.717) is 6.04 Å². The van der Waals surface area contributed by atoms with Crippen LogP contribution in [-0.4, -0.2) is 49.6 Å². The largest absolute Gasteiger partial charge is 0.357 e. The first-order valence-corrected chi connectivity index (χ1v) is 8.07. The van der Waals surface area contributed by atoms with E-state index >= 15 is 0 Å². The molecule has 0 bridgehead atoms. The minimum Gasteiger partial charge on any atom is -0.357 e. The van der Waals surface area contributed by atoms with Gasteiger partial charge in [-0.05, 0) is 32.9 Å². The smallest absolute Gasteiger partial charge is 0.191 e. The molecule has 1 fully saturated rings. The zero-order valence-electron chi connectivity index (χ0n) is 13.0. The maximum atomic E-state index is 4.70. The van der Waals surface area contributed by atoms with Crippen molar-refractivity contribution in [3.63, 3.8) is 0 Å². The molecule has 1 saturated carbocycles. The average Bonchev–Trinajstić information content (AvgIpc) is 2.45. The van der Waals surface area contributed by atoms with Crippen LogP contribution in [-0.2, 0) is 0 Å². The van der Waals surface area contributed by atoms with E-state index in [1.54, 1.807) is 0 Å². The first kappa shape index (κ1) is 16.3. The normalized spacial score (nSPS) is 17.8. The van der Waals surface area contributed by atoms with Crippen LogP contribution in [0.3, 0.4) is 0 Å². The number of nitrogens with one attached hydrogen (secondary N) is 2. The number of rotatable bonds is 7. The predicted octanol–water partition coefficient (Wildman–Crippen LogP) is 2.22. The average molecular weight is 268 g/mol. The fourth-order valence-electron chi connectivity index (χ4n) is 2.60. The van der Waals surface area contributed by atoms with Crippen LogP contribution in [0.15, 0.2) is 4.99 Å². The summed E-state index contributed by atoms with van der Waals surface area (Å²) in [7, 11) is 0. The highest BCUT2D eigenvalue weighted by atomic mass is 15.2. The molecule has 4 heteroatoms. The van der Waals surface area contributed by atoms with E-state index in [1.807, 2.05) is 0 Å². The second-order valence-corrected chi connectivity index (χ2v) is 5.27. The van der Waals surface area contributed by atoms with E-state index in [0.717, 1.165) is 38.7 Å². The Hall–Kier alpha value is -0.770. The van der Waals surface area contributed by atoms with Gasteiger partial charge in [0.05, 0.1) is 6.54 Å². The molecular formula is C15H32N4. The van der Waals surface area contributed by atoms with Gasteiger partial charge in [-0.3, -0.25) is 4.99 Å². The van der Waals surface area contributed by atoms with E-state index in [4.69, 9.17) is 4.99 Å². The van der Waals surface area contributed by atoms with Crippen LogP contribution in [0.1, 0.15) is 52.9 Å². The second kappa shape index (κ2) is 10.1. The molecule has 0 aromatic carbocycles. The molecule has 0 unspecified atom stereocenters. The third-order valence-electron chi connectivity index (χ3n) is 3.87. The quantitative estimate of drug-likeness (QED) is 0.549. The molecule has 2 N–H and O–H groups in total. The summed E-state index contributed by atoms with van der Waals surface area (Å²) in [6.45, 7) is 11.6. The molecule has 0 saturated heterocycles. The minimum atomic E-state index is 0.625. The molecule has 0 aliphatic heterocycles. The van der Waals surface area contributed by atoms with Gasteiger partial charge in [-0.25, -0.2) is 0 Å². The molecule has 0 radical (unpaired) electrons. The van der Waals surface area contributed by atoms with Crippen molar-refractivity contribution in [2.75, 3.05) is 32.7 Å². The highest BCUT2D eigenvalue weighted by Gasteiger charge is 2.14. The number of likely N-dealkylation sites (N-methyl/N-ethyl adjacent to an activating group) is 1. The van der Waals surface area contributed by atoms with Crippen LogP contribution >= 0.6 is 0 Å². The number of aliphatic imine (C=N–C) groups is 1. The zero-order valence-corrected chi connectivity index (χ0v) is 13.0. The third-order valence-corrected chi connectivity index (χ3v) is 3.87. The van der Waals surface area contributed by atoms with E-state index in [-0.39, 0.29) is 0 Å². The molecule has 1 aliphatic rings. The molecule has 0 aromatic rings. The van der Waals surface area contributed by atoms with Gasteiger partial charge in [0.25, 0.3) is 0 Å². The molecule has 0 spiro atoms. The van der Waals surface area contributed by atoms with Crippen molar-refractivity contribution < 1.29 is 0 Å². The highest BCUT2D eigenvalue weighted by molar-refractivity contribution is 5.80. The second-order valence-electron chi connectivity index (χ2n) is 5.27. The van der Waals surface area contributed by atoms with Gasteiger partial charge >= 0.3 is 0 Å². The van der Waals surface area contributed by atoms with E-state index in [9.17, 15) is 0 Å². The SMILES string of the molecule is CCNC(=NCCN(CC)CC)NC1CCCCC1. The molecular weight excluding hydrogens is 236 g/mol. The fraction of sp³-hybridized carbons (Fsp3) is 0.933. The Balaban J connectivity index is 2.36. The fourth-order valence-corrected chi connectivity index (χ4v) is 2.60. The van der Waals surface area contributed by atoms with Gasteiger partial charge in [-0.2, -0.15) is 0 Å². The van der Waals surface area contributed by atoms with Crippen molar-refractivity contribution in [2.45, 2.75) is 58.9 Å². The summed E-state index contributed by atoms with van der Waals surface area (Å²) in [4.78, 5) is 7.11. The number of hydrogen-bond acceptors (Lipinski definition) is 2. The molecule has 0 amide bonds. The first-order valence-electron chi connectivity index (χ1n) is 8.07. The summed E-state index contributed by atoms with van der Waals surface area (Å²) < 4.78 is 0. The monoisotopic (exact) mass is 268 g/mol. The van der Waals surface area contributed by atoms with Crippen LogP contribution in [0.25, 0.3) is 0 Å².